The third-order valence-corrected chi connectivity index (χ3v) is 6.45. The SMILES string of the molecule is Cc1nc2nc([C@H]3COC[C@@H](c4cnn(C5CC5)c4)O3)nc(-c3ccc(Cl)cc3F)c2nc1C. The lowest BCUT2D eigenvalue weighted by atomic mass is 10.1. The molecular formula is C24H22ClFN6O2. The molecule has 8 nitrogen and oxygen atoms in total. The summed E-state index contributed by atoms with van der Waals surface area (Å²) in [6.45, 7) is 4.40. The summed E-state index contributed by atoms with van der Waals surface area (Å²) >= 11 is 5.98. The van der Waals surface area contributed by atoms with Crippen LogP contribution in [0.25, 0.3) is 22.4 Å². The van der Waals surface area contributed by atoms with E-state index < -0.39 is 11.9 Å². The van der Waals surface area contributed by atoms with Crippen molar-refractivity contribution in [3.05, 3.63) is 64.2 Å². The van der Waals surface area contributed by atoms with Gasteiger partial charge in [-0.3, -0.25) is 4.68 Å². The Morgan fingerprint density at radius 2 is 1.82 bits per heavy atom. The summed E-state index contributed by atoms with van der Waals surface area (Å²) in [5.74, 6) is -0.127. The van der Waals surface area contributed by atoms with Crippen LogP contribution in [0.15, 0.2) is 30.6 Å². The highest BCUT2D eigenvalue weighted by atomic mass is 35.5. The Morgan fingerprint density at radius 1 is 1.03 bits per heavy atom. The molecule has 3 aromatic heterocycles. The third-order valence-electron chi connectivity index (χ3n) is 6.22. The summed E-state index contributed by atoms with van der Waals surface area (Å²) in [6.07, 6.45) is 5.29. The number of aromatic nitrogens is 6. The van der Waals surface area contributed by atoms with Gasteiger partial charge in [0.2, 0.25) is 0 Å². The van der Waals surface area contributed by atoms with Crippen LogP contribution in [0, 0.1) is 19.7 Å². The first-order valence-electron chi connectivity index (χ1n) is 11.2. The molecule has 2 fully saturated rings. The Balaban J connectivity index is 1.41. The molecule has 0 amide bonds. The fraction of sp³-hybridized carbons (Fsp3) is 0.375. The largest absolute Gasteiger partial charge is 0.375 e. The van der Waals surface area contributed by atoms with Gasteiger partial charge in [-0.2, -0.15) is 5.10 Å². The van der Waals surface area contributed by atoms with E-state index >= 15 is 0 Å². The molecule has 0 radical (unpaired) electrons. The van der Waals surface area contributed by atoms with Crippen molar-refractivity contribution in [1.82, 2.24) is 29.7 Å². The van der Waals surface area contributed by atoms with E-state index in [0.717, 1.165) is 29.8 Å². The van der Waals surface area contributed by atoms with Crippen LogP contribution in [0.3, 0.4) is 0 Å². The van der Waals surface area contributed by atoms with Gasteiger partial charge in [0.05, 0.1) is 36.8 Å². The Labute approximate surface area is 200 Å². The van der Waals surface area contributed by atoms with Gasteiger partial charge < -0.3 is 9.47 Å². The van der Waals surface area contributed by atoms with E-state index in [0.29, 0.717) is 40.4 Å². The Kier molecular flexibility index (Phi) is 5.28. The second kappa shape index (κ2) is 8.33. The van der Waals surface area contributed by atoms with Crippen LogP contribution < -0.4 is 0 Å². The molecule has 1 aliphatic carbocycles. The van der Waals surface area contributed by atoms with Crippen molar-refractivity contribution in [3.63, 3.8) is 0 Å². The smallest absolute Gasteiger partial charge is 0.182 e. The fourth-order valence-electron chi connectivity index (χ4n) is 4.07. The van der Waals surface area contributed by atoms with E-state index in [1.165, 1.54) is 6.07 Å². The molecule has 4 aromatic rings. The molecule has 0 N–H and O–H groups in total. The lowest BCUT2D eigenvalue weighted by molar-refractivity contribution is -0.145. The van der Waals surface area contributed by atoms with Crippen LogP contribution in [-0.2, 0) is 9.47 Å². The van der Waals surface area contributed by atoms with Crippen molar-refractivity contribution >= 4 is 22.8 Å². The maximum atomic E-state index is 14.9. The minimum Gasteiger partial charge on any atom is -0.375 e. The van der Waals surface area contributed by atoms with Gasteiger partial charge in [0.15, 0.2) is 11.5 Å². The molecule has 1 aliphatic heterocycles. The number of nitrogens with zero attached hydrogens (tertiary/aromatic N) is 6. The van der Waals surface area contributed by atoms with Crippen LogP contribution in [0.1, 0.15) is 53.9 Å². The topological polar surface area (TPSA) is 87.8 Å². The van der Waals surface area contributed by atoms with Gasteiger partial charge >= 0.3 is 0 Å². The van der Waals surface area contributed by atoms with Crippen LogP contribution in [-0.4, -0.2) is 42.9 Å². The Hall–Kier alpha value is -3.01. The molecule has 6 rings (SSSR count). The van der Waals surface area contributed by atoms with Gasteiger partial charge in [-0.15, -0.1) is 0 Å². The molecule has 34 heavy (non-hydrogen) atoms. The lowest BCUT2D eigenvalue weighted by Gasteiger charge is -2.29. The fourth-order valence-corrected chi connectivity index (χ4v) is 4.23. The average Bonchev–Trinajstić information content (AvgIpc) is 3.56. The van der Waals surface area contributed by atoms with Crippen LogP contribution >= 0.6 is 11.6 Å². The standard InChI is InChI=1S/C24H22ClFN6O2/c1-12-13(2)29-24-22(28-12)21(17-6-3-15(25)7-18(17)26)30-23(31-24)20-11-33-10-19(34-20)14-8-27-32(9-14)16-4-5-16/h3,6-9,16,19-20H,4-5,10-11H2,1-2H3/t19-,20+/m0/s1. The first-order chi connectivity index (χ1) is 16.5. The number of aryl methyl sites for hydroxylation is 2. The van der Waals surface area contributed by atoms with Crippen LogP contribution in [0.4, 0.5) is 4.39 Å². The minimum atomic E-state index is -0.551. The van der Waals surface area contributed by atoms with Crippen LogP contribution in [0.2, 0.25) is 5.02 Å². The van der Waals surface area contributed by atoms with Crippen molar-refractivity contribution in [3.8, 4) is 11.3 Å². The number of halogens is 2. The zero-order valence-electron chi connectivity index (χ0n) is 18.7. The molecule has 0 spiro atoms. The van der Waals surface area contributed by atoms with E-state index in [-0.39, 0.29) is 18.3 Å². The quantitative estimate of drug-likeness (QED) is 0.412. The third kappa shape index (κ3) is 3.93. The highest BCUT2D eigenvalue weighted by Gasteiger charge is 2.31. The minimum absolute atomic E-state index is 0.273. The number of fused-ring (bicyclic) bond motifs is 1. The Bertz CT molecular complexity index is 1410. The van der Waals surface area contributed by atoms with Gasteiger partial charge in [0.1, 0.15) is 29.2 Å². The molecule has 0 unspecified atom stereocenters. The normalized spacial score (nSPS) is 20.7. The molecular weight excluding hydrogens is 459 g/mol. The average molecular weight is 481 g/mol. The summed E-state index contributed by atoms with van der Waals surface area (Å²) in [6, 6.07) is 4.95. The highest BCUT2D eigenvalue weighted by Crippen LogP contribution is 2.37. The van der Waals surface area contributed by atoms with E-state index in [2.05, 4.69) is 20.1 Å². The van der Waals surface area contributed by atoms with Crippen molar-refractivity contribution in [2.45, 2.75) is 44.9 Å². The van der Waals surface area contributed by atoms with E-state index in [1.807, 2.05) is 30.9 Å². The molecule has 10 heteroatoms. The van der Waals surface area contributed by atoms with Crippen molar-refractivity contribution in [2.24, 2.45) is 0 Å². The van der Waals surface area contributed by atoms with E-state index in [4.69, 9.17) is 26.1 Å². The Morgan fingerprint density at radius 3 is 2.62 bits per heavy atom. The van der Waals surface area contributed by atoms with Gasteiger partial charge in [0.25, 0.3) is 0 Å². The molecule has 1 aromatic carbocycles. The molecule has 0 bridgehead atoms. The summed E-state index contributed by atoms with van der Waals surface area (Å²) < 4.78 is 29.1. The first kappa shape index (κ1) is 21.5. The van der Waals surface area contributed by atoms with Gasteiger partial charge in [0, 0.05) is 22.3 Å². The predicted molar refractivity (Wildman–Crippen MR) is 123 cm³/mol. The first-order valence-corrected chi connectivity index (χ1v) is 11.6. The van der Waals surface area contributed by atoms with Crippen molar-refractivity contribution < 1.29 is 13.9 Å². The second-order valence-electron chi connectivity index (χ2n) is 8.76. The predicted octanol–water partition coefficient (Wildman–Crippen LogP) is 4.86. The molecule has 2 aliphatic rings. The highest BCUT2D eigenvalue weighted by molar-refractivity contribution is 6.30. The summed E-state index contributed by atoms with van der Waals surface area (Å²) in [7, 11) is 0. The van der Waals surface area contributed by atoms with E-state index in [1.54, 1.807) is 12.1 Å². The van der Waals surface area contributed by atoms with Crippen molar-refractivity contribution in [1.29, 1.82) is 0 Å². The maximum Gasteiger partial charge on any atom is 0.182 e. The summed E-state index contributed by atoms with van der Waals surface area (Å²) in [5, 5.41) is 4.76. The molecule has 1 saturated carbocycles. The van der Waals surface area contributed by atoms with E-state index in [9.17, 15) is 4.39 Å². The lowest BCUT2D eigenvalue weighted by Crippen LogP contribution is -2.27. The second-order valence-corrected chi connectivity index (χ2v) is 9.19. The maximum absolute atomic E-state index is 14.9. The monoisotopic (exact) mass is 480 g/mol. The number of ether oxygens (including phenoxy) is 2. The van der Waals surface area contributed by atoms with Gasteiger partial charge in [-0.1, -0.05) is 11.6 Å². The van der Waals surface area contributed by atoms with Crippen molar-refractivity contribution in [2.75, 3.05) is 13.2 Å². The molecule has 4 heterocycles. The summed E-state index contributed by atoms with van der Waals surface area (Å²) in [5.41, 5.74) is 3.84. The number of rotatable bonds is 4. The number of hydrogen-bond acceptors (Lipinski definition) is 7. The zero-order chi connectivity index (χ0) is 23.4. The molecule has 174 valence electrons. The number of hydrogen-bond donors (Lipinski definition) is 0. The van der Waals surface area contributed by atoms with Gasteiger partial charge in [-0.25, -0.2) is 24.3 Å². The molecule has 1 saturated heterocycles. The molecule has 2 atom stereocenters. The zero-order valence-corrected chi connectivity index (χ0v) is 19.5. The summed E-state index contributed by atoms with van der Waals surface area (Å²) in [4.78, 5) is 18.6. The van der Waals surface area contributed by atoms with Crippen LogP contribution in [0.5, 0.6) is 0 Å². The number of benzene rings is 1. The van der Waals surface area contributed by atoms with Gasteiger partial charge in [-0.05, 0) is 44.9 Å².